The molecule has 1 aromatic carbocycles. The molecule has 1 aromatic rings. The van der Waals surface area contributed by atoms with Gasteiger partial charge in [-0.3, -0.25) is 10.1 Å². The smallest absolute Gasteiger partial charge is 0.275 e. The zero-order valence-electron chi connectivity index (χ0n) is 11.6. The topological polar surface area (TPSA) is 90.4 Å². The average molecular weight is 267 g/mol. The Hall–Kier alpha value is -1.82. The van der Waals surface area contributed by atoms with Crippen LogP contribution in [0, 0.1) is 16.0 Å². The highest BCUT2D eigenvalue weighted by atomic mass is 16.6. The normalized spacial score (nSPS) is 12.3. The monoisotopic (exact) mass is 267 g/mol. The molecule has 0 amide bonds. The molecule has 0 aliphatic rings. The molecule has 106 valence electrons. The summed E-state index contributed by atoms with van der Waals surface area (Å²) in [6.07, 6.45) is 0. The van der Waals surface area contributed by atoms with Crippen LogP contribution in [0.2, 0.25) is 0 Å². The van der Waals surface area contributed by atoms with Crippen molar-refractivity contribution in [3.05, 3.63) is 28.3 Å². The first-order valence-electron chi connectivity index (χ1n) is 6.36. The van der Waals surface area contributed by atoms with Gasteiger partial charge in [-0.2, -0.15) is 0 Å². The van der Waals surface area contributed by atoms with Crippen molar-refractivity contribution in [1.29, 1.82) is 0 Å². The first kappa shape index (κ1) is 15.2. The van der Waals surface area contributed by atoms with E-state index in [1.807, 2.05) is 20.8 Å². The maximum absolute atomic E-state index is 10.9. The van der Waals surface area contributed by atoms with Gasteiger partial charge >= 0.3 is 0 Å². The van der Waals surface area contributed by atoms with Gasteiger partial charge in [0.25, 0.3) is 5.69 Å². The number of anilines is 1. The van der Waals surface area contributed by atoms with E-state index in [9.17, 15) is 10.1 Å². The molecule has 1 rings (SSSR count). The minimum atomic E-state index is -0.430. The van der Waals surface area contributed by atoms with Gasteiger partial charge in [0.15, 0.2) is 0 Å². The van der Waals surface area contributed by atoms with Crippen molar-refractivity contribution < 1.29 is 9.66 Å². The summed E-state index contributed by atoms with van der Waals surface area (Å²) in [5.41, 5.74) is 6.35. The summed E-state index contributed by atoms with van der Waals surface area (Å²) in [5, 5.41) is 14.1. The molecule has 0 spiro atoms. The third-order valence-corrected chi connectivity index (χ3v) is 2.82. The van der Waals surface area contributed by atoms with E-state index >= 15 is 0 Å². The van der Waals surface area contributed by atoms with E-state index in [1.165, 1.54) is 12.1 Å². The molecule has 0 radical (unpaired) electrons. The van der Waals surface area contributed by atoms with Gasteiger partial charge < -0.3 is 15.8 Å². The highest BCUT2D eigenvalue weighted by Gasteiger charge is 2.15. The predicted octanol–water partition coefficient (Wildman–Crippen LogP) is 2.39. The zero-order valence-corrected chi connectivity index (χ0v) is 11.6. The first-order valence-corrected chi connectivity index (χ1v) is 6.36. The van der Waals surface area contributed by atoms with Gasteiger partial charge in [0, 0.05) is 30.4 Å². The SMILES string of the molecule is CCOc1cc(NC(CN)C(C)C)cc([N+](=O)[O-])c1. The molecule has 1 atom stereocenters. The Balaban J connectivity index is 3.01. The molecule has 6 nitrogen and oxygen atoms in total. The number of hydrogen-bond acceptors (Lipinski definition) is 5. The van der Waals surface area contributed by atoms with Crippen molar-refractivity contribution in [2.75, 3.05) is 18.5 Å². The van der Waals surface area contributed by atoms with Crippen molar-refractivity contribution in [3.8, 4) is 5.75 Å². The van der Waals surface area contributed by atoms with Crippen LogP contribution in [0.5, 0.6) is 5.75 Å². The van der Waals surface area contributed by atoms with Crippen LogP contribution in [0.3, 0.4) is 0 Å². The van der Waals surface area contributed by atoms with Crippen molar-refractivity contribution in [2.24, 2.45) is 11.7 Å². The molecular formula is C13H21N3O3. The molecule has 0 saturated heterocycles. The molecule has 6 heteroatoms. The number of hydrogen-bond donors (Lipinski definition) is 2. The number of benzene rings is 1. The van der Waals surface area contributed by atoms with E-state index in [0.717, 1.165) is 0 Å². The minimum Gasteiger partial charge on any atom is -0.494 e. The average Bonchev–Trinajstić information content (AvgIpc) is 2.35. The molecule has 0 aromatic heterocycles. The first-order chi connectivity index (χ1) is 8.97. The Morgan fingerprint density at radius 3 is 2.58 bits per heavy atom. The largest absolute Gasteiger partial charge is 0.494 e. The highest BCUT2D eigenvalue weighted by Crippen LogP contribution is 2.27. The summed E-state index contributed by atoms with van der Waals surface area (Å²) in [7, 11) is 0. The fourth-order valence-electron chi connectivity index (χ4n) is 1.73. The van der Waals surface area contributed by atoms with Crippen molar-refractivity contribution in [3.63, 3.8) is 0 Å². The van der Waals surface area contributed by atoms with Crippen LogP contribution >= 0.6 is 0 Å². The molecule has 0 aliphatic heterocycles. The maximum Gasteiger partial charge on any atom is 0.275 e. The van der Waals surface area contributed by atoms with Crippen LogP contribution in [0.4, 0.5) is 11.4 Å². The quantitative estimate of drug-likeness (QED) is 0.584. The van der Waals surface area contributed by atoms with E-state index in [1.54, 1.807) is 6.07 Å². The highest BCUT2D eigenvalue weighted by molar-refractivity contribution is 5.57. The third-order valence-electron chi connectivity index (χ3n) is 2.82. The van der Waals surface area contributed by atoms with E-state index in [2.05, 4.69) is 5.32 Å². The van der Waals surface area contributed by atoms with Crippen molar-refractivity contribution in [1.82, 2.24) is 0 Å². The van der Waals surface area contributed by atoms with Crippen LogP contribution in [-0.2, 0) is 0 Å². The predicted molar refractivity (Wildman–Crippen MR) is 75.6 cm³/mol. The Morgan fingerprint density at radius 2 is 2.11 bits per heavy atom. The number of nitrogens with two attached hydrogens (primary N) is 1. The van der Waals surface area contributed by atoms with Crippen molar-refractivity contribution in [2.45, 2.75) is 26.8 Å². The Kier molecular flexibility index (Phi) is 5.57. The summed E-state index contributed by atoms with van der Waals surface area (Å²) in [6.45, 7) is 6.86. The lowest BCUT2D eigenvalue weighted by Gasteiger charge is -2.22. The number of nitro benzene ring substituents is 1. The Bertz CT molecular complexity index is 435. The second-order valence-corrected chi connectivity index (χ2v) is 4.64. The lowest BCUT2D eigenvalue weighted by molar-refractivity contribution is -0.384. The maximum atomic E-state index is 10.9. The fraction of sp³-hybridized carbons (Fsp3) is 0.538. The third kappa shape index (κ3) is 4.40. The van der Waals surface area contributed by atoms with Crippen molar-refractivity contribution >= 4 is 11.4 Å². The van der Waals surface area contributed by atoms with Gasteiger partial charge in [0.05, 0.1) is 17.6 Å². The molecule has 0 heterocycles. The van der Waals surface area contributed by atoms with Gasteiger partial charge in [0.1, 0.15) is 5.75 Å². The van der Waals surface area contributed by atoms with E-state index in [4.69, 9.17) is 10.5 Å². The molecular weight excluding hydrogens is 246 g/mol. The fourth-order valence-corrected chi connectivity index (χ4v) is 1.73. The summed E-state index contributed by atoms with van der Waals surface area (Å²) < 4.78 is 5.34. The Labute approximate surface area is 113 Å². The molecule has 0 fully saturated rings. The molecule has 0 aliphatic carbocycles. The van der Waals surface area contributed by atoms with Gasteiger partial charge in [-0.15, -0.1) is 0 Å². The number of nitrogens with zero attached hydrogens (tertiary/aromatic N) is 1. The molecule has 3 N–H and O–H groups in total. The number of rotatable bonds is 7. The number of non-ortho nitro benzene ring substituents is 1. The lowest BCUT2D eigenvalue weighted by atomic mass is 10.0. The number of nitrogens with one attached hydrogen (secondary N) is 1. The summed E-state index contributed by atoms with van der Waals surface area (Å²) in [5.74, 6) is 0.818. The van der Waals surface area contributed by atoms with Gasteiger partial charge in [-0.1, -0.05) is 13.8 Å². The minimum absolute atomic E-state index is 0.00739. The number of ether oxygens (including phenoxy) is 1. The second kappa shape index (κ2) is 6.94. The van der Waals surface area contributed by atoms with Gasteiger partial charge in [-0.05, 0) is 12.8 Å². The molecule has 19 heavy (non-hydrogen) atoms. The van der Waals surface area contributed by atoms with E-state index < -0.39 is 4.92 Å². The van der Waals surface area contributed by atoms with Crippen LogP contribution < -0.4 is 15.8 Å². The second-order valence-electron chi connectivity index (χ2n) is 4.64. The summed E-state index contributed by atoms with van der Waals surface area (Å²) >= 11 is 0. The van der Waals surface area contributed by atoms with Crippen LogP contribution in [0.15, 0.2) is 18.2 Å². The molecule has 1 unspecified atom stereocenters. The van der Waals surface area contributed by atoms with E-state index in [-0.39, 0.29) is 11.7 Å². The van der Waals surface area contributed by atoms with Crippen LogP contribution in [0.1, 0.15) is 20.8 Å². The van der Waals surface area contributed by atoms with Gasteiger partial charge in [-0.25, -0.2) is 0 Å². The lowest BCUT2D eigenvalue weighted by Crippen LogP contribution is -2.33. The summed E-state index contributed by atoms with van der Waals surface area (Å²) in [4.78, 5) is 10.5. The zero-order chi connectivity index (χ0) is 14.4. The van der Waals surface area contributed by atoms with Gasteiger partial charge in [0.2, 0.25) is 0 Å². The van der Waals surface area contributed by atoms with E-state index in [0.29, 0.717) is 30.5 Å². The number of nitro groups is 1. The standard InChI is InChI=1S/C13H21N3O3/c1-4-19-12-6-10(5-11(7-12)16(17)18)15-13(8-14)9(2)3/h5-7,9,13,15H,4,8,14H2,1-3H3. The molecule has 0 bridgehead atoms. The van der Waals surface area contributed by atoms with Crippen LogP contribution in [0.25, 0.3) is 0 Å². The van der Waals surface area contributed by atoms with Crippen LogP contribution in [-0.4, -0.2) is 24.1 Å². The summed E-state index contributed by atoms with van der Waals surface area (Å²) in [6, 6.07) is 4.73. The molecule has 0 saturated carbocycles. The Morgan fingerprint density at radius 1 is 1.42 bits per heavy atom.